The Morgan fingerprint density at radius 2 is 2.29 bits per heavy atom. The van der Waals surface area contributed by atoms with Gasteiger partial charge in [-0.25, -0.2) is 4.98 Å². The van der Waals surface area contributed by atoms with E-state index < -0.39 is 0 Å². The molecule has 4 heteroatoms. The molecular formula is C10H10BrN3. The molecule has 2 N–H and O–H groups in total. The van der Waals surface area contributed by atoms with Crippen LogP contribution in [-0.2, 0) is 6.54 Å². The maximum atomic E-state index is 5.67. The van der Waals surface area contributed by atoms with Gasteiger partial charge in [-0.15, -0.1) is 0 Å². The maximum Gasteiger partial charge on any atom is 0.200 e. The number of benzene rings is 1. The Morgan fingerprint density at radius 3 is 2.93 bits per heavy atom. The molecule has 0 aliphatic carbocycles. The highest BCUT2D eigenvalue weighted by Gasteiger charge is 1.99. The highest BCUT2D eigenvalue weighted by Crippen LogP contribution is 2.13. The summed E-state index contributed by atoms with van der Waals surface area (Å²) < 4.78 is 2.98. The van der Waals surface area contributed by atoms with Crippen molar-refractivity contribution in [1.29, 1.82) is 0 Å². The van der Waals surface area contributed by atoms with E-state index in [1.807, 2.05) is 22.9 Å². The average molecular weight is 252 g/mol. The topological polar surface area (TPSA) is 43.8 Å². The number of halogens is 1. The van der Waals surface area contributed by atoms with Crippen LogP contribution < -0.4 is 5.73 Å². The highest BCUT2D eigenvalue weighted by atomic mass is 79.9. The Kier molecular flexibility index (Phi) is 2.54. The Balaban J connectivity index is 2.23. The van der Waals surface area contributed by atoms with E-state index in [1.54, 1.807) is 6.20 Å². The molecule has 0 atom stereocenters. The van der Waals surface area contributed by atoms with Gasteiger partial charge in [0.15, 0.2) is 5.95 Å². The number of nitrogens with two attached hydrogens (primary N) is 1. The van der Waals surface area contributed by atoms with E-state index in [0.717, 1.165) is 11.0 Å². The second-order valence-electron chi connectivity index (χ2n) is 3.04. The van der Waals surface area contributed by atoms with Crippen molar-refractivity contribution in [2.75, 3.05) is 5.73 Å². The van der Waals surface area contributed by atoms with Gasteiger partial charge in [0.1, 0.15) is 0 Å². The van der Waals surface area contributed by atoms with Gasteiger partial charge in [-0.2, -0.15) is 0 Å². The molecule has 0 fully saturated rings. The van der Waals surface area contributed by atoms with Crippen LogP contribution in [0.4, 0.5) is 5.95 Å². The number of nitrogens with zero attached hydrogens (tertiary/aromatic N) is 2. The molecule has 0 bridgehead atoms. The van der Waals surface area contributed by atoms with Gasteiger partial charge in [0.25, 0.3) is 0 Å². The minimum absolute atomic E-state index is 0.546. The molecule has 2 aromatic rings. The largest absolute Gasteiger partial charge is 0.369 e. The van der Waals surface area contributed by atoms with Gasteiger partial charge in [-0.3, -0.25) is 0 Å². The smallest absolute Gasteiger partial charge is 0.200 e. The standard InChI is InChI=1S/C10H10BrN3/c11-9-3-1-2-8(6-9)7-14-5-4-13-10(14)12/h1-6H,7H2,(H2,12,13). The van der Waals surface area contributed by atoms with E-state index in [1.165, 1.54) is 5.56 Å². The van der Waals surface area contributed by atoms with Crippen molar-refractivity contribution in [2.45, 2.75) is 6.54 Å². The van der Waals surface area contributed by atoms with Crippen LogP contribution in [-0.4, -0.2) is 9.55 Å². The van der Waals surface area contributed by atoms with Crippen molar-refractivity contribution in [2.24, 2.45) is 0 Å². The molecule has 0 saturated heterocycles. The molecule has 0 radical (unpaired) electrons. The number of imidazole rings is 1. The first-order chi connectivity index (χ1) is 6.75. The Bertz CT molecular complexity index is 436. The molecule has 0 spiro atoms. The summed E-state index contributed by atoms with van der Waals surface area (Å²) in [5.41, 5.74) is 6.86. The van der Waals surface area contributed by atoms with Crippen LogP contribution in [0.25, 0.3) is 0 Å². The minimum Gasteiger partial charge on any atom is -0.369 e. The Morgan fingerprint density at radius 1 is 1.43 bits per heavy atom. The zero-order valence-electron chi connectivity index (χ0n) is 7.52. The Labute approximate surface area is 90.7 Å². The van der Waals surface area contributed by atoms with Crippen LogP contribution >= 0.6 is 15.9 Å². The summed E-state index contributed by atoms with van der Waals surface area (Å²) in [6.45, 7) is 0.755. The number of hydrogen-bond acceptors (Lipinski definition) is 2. The highest BCUT2D eigenvalue weighted by molar-refractivity contribution is 9.10. The first-order valence-corrected chi connectivity index (χ1v) is 5.06. The molecule has 14 heavy (non-hydrogen) atoms. The second-order valence-corrected chi connectivity index (χ2v) is 3.96. The van der Waals surface area contributed by atoms with E-state index in [2.05, 4.69) is 33.0 Å². The van der Waals surface area contributed by atoms with Gasteiger partial charge < -0.3 is 10.3 Å². The number of rotatable bonds is 2. The molecule has 0 aliphatic rings. The van der Waals surface area contributed by atoms with Crippen LogP contribution in [0, 0.1) is 0 Å². The zero-order chi connectivity index (χ0) is 9.97. The monoisotopic (exact) mass is 251 g/mol. The van der Waals surface area contributed by atoms with Gasteiger partial charge in [-0.05, 0) is 17.7 Å². The predicted octanol–water partition coefficient (Wildman–Crippen LogP) is 2.28. The normalized spacial score (nSPS) is 10.4. The lowest BCUT2D eigenvalue weighted by molar-refractivity contribution is 0.810. The summed E-state index contributed by atoms with van der Waals surface area (Å²) in [5.74, 6) is 0.546. The lowest BCUT2D eigenvalue weighted by Crippen LogP contribution is -2.03. The summed E-state index contributed by atoms with van der Waals surface area (Å²) in [5, 5.41) is 0. The average Bonchev–Trinajstić information content (AvgIpc) is 2.52. The molecule has 0 saturated carbocycles. The third kappa shape index (κ3) is 1.96. The van der Waals surface area contributed by atoms with Crippen LogP contribution in [0.5, 0.6) is 0 Å². The number of aromatic nitrogens is 2. The number of hydrogen-bond donors (Lipinski definition) is 1. The fourth-order valence-corrected chi connectivity index (χ4v) is 1.75. The molecule has 72 valence electrons. The predicted molar refractivity (Wildman–Crippen MR) is 59.9 cm³/mol. The quantitative estimate of drug-likeness (QED) is 0.890. The lowest BCUT2D eigenvalue weighted by atomic mass is 10.2. The third-order valence-electron chi connectivity index (χ3n) is 1.99. The van der Waals surface area contributed by atoms with E-state index in [9.17, 15) is 0 Å². The summed E-state index contributed by atoms with van der Waals surface area (Å²) in [7, 11) is 0. The Hall–Kier alpha value is -1.29. The molecule has 1 heterocycles. The first kappa shape index (κ1) is 9.27. The fraction of sp³-hybridized carbons (Fsp3) is 0.100. The van der Waals surface area contributed by atoms with Gasteiger partial charge in [0.05, 0.1) is 6.54 Å². The van der Waals surface area contributed by atoms with Crippen molar-refractivity contribution in [1.82, 2.24) is 9.55 Å². The van der Waals surface area contributed by atoms with Crippen molar-refractivity contribution in [3.8, 4) is 0 Å². The molecule has 0 amide bonds. The first-order valence-electron chi connectivity index (χ1n) is 4.27. The minimum atomic E-state index is 0.546. The van der Waals surface area contributed by atoms with E-state index in [0.29, 0.717) is 5.95 Å². The molecule has 0 unspecified atom stereocenters. The van der Waals surface area contributed by atoms with E-state index >= 15 is 0 Å². The van der Waals surface area contributed by atoms with Crippen LogP contribution in [0.3, 0.4) is 0 Å². The van der Waals surface area contributed by atoms with Crippen molar-refractivity contribution >= 4 is 21.9 Å². The van der Waals surface area contributed by atoms with Gasteiger partial charge in [0.2, 0.25) is 0 Å². The van der Waals surface area contributed by atoms with Gasteiger partial charge in [0, 0.05) is 16.9 Å². The molecule has 1 aromatic carbocycles. The molecule has 0 aliphatic heterocycles. The maximum absolute atomic E-state index is 5.67. The van der Waals surface area contributed by atoms with Crippen molar-refractivity contribution < 1.29 is 0 Å². The van der Waals surface area contributed by atoms with E-state index in [-0.39, 0.29) is 0 Å². The van der Waals surface area contributed by atoms with Crippen LogP contribution in [0.2, 0.25) is 0 Å². The van der Waals surface area contributed by atoms with Gasteiger partial charge in [-0.1, -0.05) is 28.1 Å². The number of anilines is 1. The summed E-state index contributed by atoms with van der Waals surface area (Å²) in [6.07, 6.45) is 3.57. The molecule has 2 rings (SSSR count). The fourth-order valence-electron chi connectivity index (χ4n) is 1.31. The SMILES string of the molecule is Nc1nccn1Cc1cccc(Br)c1. The van der Waals surface area contributed by atoms with Crippen LogP contribution in [0.1, 0.15) is 5.56 Å². The molecule has 3 nitrogen and oxygen atoms in total. The summed E-state index contributed by atoms with van der Waals surface area (Å²) >= 11 is 3.43. The van der Waals surface area contributed by atoms with Crippen molar-refractivity contribution in [3.05, 3.63) is 46.7 Å². The second kappa shape index (κ2) is 3.84. The van der Waals surface area contributed by atoms with E-state index in [4.69, 9.17) is 5.73 Å². The lowest BCUT2D eigenvalue weighted by Gasteiger charge is -2.04. The molecule has 1 aromatic heterocycles. The van der Waals surface area contributed by atoms with Crippen molar-refractivity contribution in [3.63, 3.8) is 0 Å². The number of nitrogen functional groups attached to an aromatic ring is 1. The summed E-state index contributed by atoms with van der Waals surface area (Å²) in [4.78, 5) is 3.96. The van der Waals surface area contributed by atoms with Crippen LogP contribution in [0.15, 0.2) is 41.1 Å². The third-order valence-corrected chi connectivity index (χ3v) is 2.48. The molecular weight excluding hydrogens is 242 g/mol. The summed E-state index contributed by atoms with van der Waals surface area (Å²) in [6, 6.07) is 8.14. The van der Waals surface area contributed by atoms with Gasteiger partial charge >= 0.3 is 0 Å². The zero-order valence-corrected chi connectivity index (χ0v) is 9.11.